The minimum atomic E-state index is -0.370. The summed E-state index contributed by atoms with van der Waals surface area (Å²) < 4.78 is 5.00. The second kappa shape index (κ2) is 6.19. The molecule has 1 aromatic carbocycles. The number of ether oxygens (including phenoxy) is 1. The highest BCUT2D eigenvalue weighted by Crippen LogP contribution is 2.23. The highest BCUT2D eigenvalue weighted by molar-refractivity contribution is 6.32. The fourth-order valence-electron chi connectivity index (χ4n) is 1.03. The monoisotopic (exact) mass is 226 g/mol. The van der Waals surface area contributed by atoms with Gasteiger partial charge in [0.1, 0.15) is 12.0 Å². The van der Waals surface area contributed by atoms with E-state index in [9.17, 15) is 9.59 Å². The normalized spacial score (nSPS) is 9.67. The minimum Gasteiger partial charge on any atom is -0.425 e. The number of rotatable bonds is 5. The number of unbranched alkanes of at least 4 members (excludes halogenated alkanes) is 1. The van der Waals surface area contributed by atoms with E-state index >= 15 is 0 Å². The minimum absolute atomic E-state index is 0.226. The van der Waals surface area contributed by atoms with Crippen molar-refractivity contribution in [3.05, 3.63) is 29.3 Å². The van der Waals surface area contributed by atoms with Crippen LogP contribution in [0.25, 0.3) is 0 Å². The largest absolute Gasteiger partial charge is 0.425 e. The number of aldehydes is 1. The molecule has 0 saturated heterocycles. The van der Waals surface area contributed by atoms with E-state index in [4.69, 9.17) is 16.3 Å². The van der Waals surface area contributed by atoms with Crippen LogP contribution >= 0.6 is 11.6 Å². The Morgan fingerprint density at radius 3 is 2.80 bits per heavy atom. The van der Waals surface area contributed by atoms with Crippen molar-refractivity contribution >= 4 is 23.9 Å². The summed E-state index contributed by atoms with van der Waals surface area (Å²) in [6.07, 6.45) is 1.89. The van der Waals surface area contributed by atoms with Gasteiger partial charge in [-0.05, 0) is 18.6 Å². The summed E-state index contributed by atoms with van der Waals surface area (Å²) in [5, 5.41) is 0.404. The first-order valence-electron chi connectivity index (χ1n) is 4.63. The van der Waals surface area contributed by atoms with E-state index in [0.717, 1.165) is 6.29 Å². The van der Waals surface area contributed by atoms with Crippen molar-refractivity contribution in [2.24, 2.45) is 0 Å². The van der Waals surface area contributed by atoms with Gasteiger partial charge in [-0.25, -0.2) is 0 Å². The molecule has 0 aromatic heterocycles. The molecule has 0 heterocycles. The number of carbonyl (C=O) groups is 2. The lowest BCUT2D eigenvalue weighted by Gasteiger charge is -2.04. The fourth-order valence-corrected chi connectivity index (χ4v) is 1.21. The third-order valence-corrected chi connectivity index (χ3v) is 2.08. The summed E-state index contributed by atoms with van der Waals surface area (Å²) in [4.78, 5) is 21.3. The van der Waals surface area contributed by atoms with Gasteiger partial charge in [0.25, 0.3) is 0 Å². The topological polar surface area (TPSA) is 43.4 Å². The first-order valence-corrected chi connectivity index (χ1v) is 5.00. The Balaban J connectivity index is 2.44. The third kappa shape index (κ3) is 4.13. The highest BCUT2D eigenvalue weighted by Gasteiger charge is 2.06. The molecule has 0 aliphatic heterocycles. The van der Waals surface area contributed by atoms with Gasteiger partial charge in [-0.2, -0.15) is 0 Å². The van der Waals surface area contributed by atoms with E-state index < -0.39 is 0 Å². The van der Waals surface area contributed by atoms with Crippen LogP contribution in [0.2, 0.25) is 5.02 Å². The predicted octanol–water partition coefficient (Wildman–Crippen LogP) is 2.61. The van der Waals surface area contributed by atoms with Gasteiger partial charge < -0.3 is 9.53 Å². The van der Waals surface area contributed by atoms with Crippen LogP contribution in [0.3, 0.4) is 0 Å². The molecule has 0 bridgehead atoms. The van der Waals surface area contributed by atoms with E-state index in [-0.39, 0.29) is 12.4 Å². The lowest BCUT2D eigenvalue weighted by molar-refractivity contribution is -0.134. The highest BCUT2D eigenvalue weighted by atomic mass is 35.5. The van der Waals surface area contributed by atoms with Gasteiger partial charge in [-0.15, -0.1) is 0 Å². The molecule has 0 unspecified atom stereocenters. The standard InChI is InChI=1S/C11H11ClO3/c12-9-5-1-2-6-10(9)15-11(14)7-3-4-8-13/h1-2,5-6,8H,3-4,7H2. The van der Waals surface area contributed by atoms with Crippen molar-refractivity contribution in [1.29, 1.82) is 0 Å². The maximum Gasteiger partial charge on any atom is 0.311 e. The molecule has 0 aliphatic carbocycles. The molecule has 1 aromatic rings. The summed E-state index contributed by atoms with van der Waals surface area (Å²) in [7, 11) is 0. The predicted molar refractivity (Wildman–Crippen MR) is 57.0 cm³/mol. The SMILES string of the molecule is O=CCCCC(=O)Oc1ccccc1Cl. The number of esters is 1. The maximum absolute atomic E-state index is 11.2. The molecule has 3 nitrogen and oxygen atoms in total. The maximum atomic E-state index is 11.2. The quantitative estimate of drug-likeness (QED) is 0.336. The average Bonchev–Trinajstić information content (AvgIpc) is 2.22. The molecule has 4 heteroatoms. The summed E-state index contributed by atoms with van der Waals surface area (Å²) in [6, 6.07) is 6.77. The number of hydrogen-bond acceptors (Lipinski definition) is 3. The van der Waals surface area contributed by atoms with Crippen molar-refractivity contribution in [2.75, 3.05) is 0 Å². The van der Waals surface area contributed by atoms with Gasteiger partial charge in [0.05, 0.1) is 5.02 Å². The van der Waals surface area contributed by atoms with Crippen LogP contribution in [0, 0.1) is 0 Å². The molecule has 0 fully saturated rings. The molecular formula is C11H11ClO3. The summed E-state index contributed by atoms with van der Waals surface area (Å²) in [5.41, 5.74) is 0. The zero-order valence-corrected chi connectivity index (χ0v) is 8.87. The van der Waals surface area contributed by atoms with Crippen LogP contribution in [-0.4, -0.2) is 12.3 Å². The lowest BCUT2D eigenvalue weighted by Crippen LogP contribution is -2.07. The van der Waals surface area contributed by atoms with Gasteiger partial charge in [-0.3, -0.25) is 4.79 Å². The zero-order valence-electron chi connectivity index (χ0n) is 8.11. The Morgan fingerprint density at radius 1 is 1.40 bits per heavy atom. The van der Waals surface area contributed by atoms with Crippen molar-refractivity contribution in [1.82, 2.24) is 0 Å². The molecule has 1 rings (SSSR count). The van der Waals surface area contributed by atoms with Gasteiger partial charge in [0.2, 0.25) is 0 Å². The molecule has 0 amide bonds. The number of benzene rings is 1. The van der Waals surface area contributed by atoms with Gasteiger partial charge in [0.15, 0.2) is 0 Å². The Labute approximate surface area is 93.0 Å². The van der Waals surface area contributed by atoms with Crippen LogP contribution in [0.4, 0.5) is 0 Å². The fraction of sp³-hybridized carbons (Fsp3) is 0.273. The third-order valence-electron chi connectivity index (χ3n) is 1.76. The van der Waals surface area contributed by atoms with E-state index in [1.54, 1.807) is 24.3 Å². The Morgan fingerprint density at radius 2 is 2.13 bits per heavy atom. The smallest absolute Gasteiger partial charge is 0.311 e. The summed E-state index contributed by atoms with van der Waals surface area (Å²) >= 11 is 5.80. The van der Waals surface area contributed by atoms with Gasteiger partial charge in [-0.1, -0.05) is 23.7 Å². The molecule has 80 valence electrons. The van der Waals surface area contributed by atoms with E-state index in [0.29, 0.717) is 23.6 Å². The molecular weight excluding hydrogens is 216 g/mol. The van der Waals surface area contributed by atoms with Gasteiger partial charge >= 0.3 is 5.97 Å². The first kappa shape index (κ1) is 11.7. The van der Waals surface area contributed by atoms with E-state index in [1.807, 2.05) is 0 Å². The number of para-hydroxylation sites is 1. The second-order valence-electron chi connectivity index (χ2n) is 2.96. The Kier molecular flexibility index (Phi) is 4.84. The summed E-state index contributed by atoms with van der Waals surface area (Å²) in [5.74, 6) is -0.0137. The van der Waals surface area contributed by atoms with Gasteiger partial charge in [0, 0.05) is 12.8 Å². The van der Waals surface area contributed by atoms with Crippen LogP contribution in [-0.2, 0) is 9.59 Å². The number of carbonyl (C=O) groups excluding carboxylic acids is 2. The van der Waals surface area contributed by atoms with Crippen molar-refractivity contribution in [3.63, 3.8) is 0 Å². The molecule has 15 heavy (non-hydrogen) atoms. The molecule has 0 atom stereocenters. The second-order valence-corrected chi connectivity index (χ2v) is 3.37. The Bertz CT molecular complexity index is 349. The number of halogens is 1. The Hall–Kier alpha value is -1.35. The molecule has 0 N–H and O–H groups in total. The van der Waals surface area contributed by atoms with Crippen LogP contribution in [0.5, 0.6) is 5.75 Å². The molecule has 0 aliphatic rings. The van der Waals surface area contributed by atoms with Crippen LogP contribution in [0.1, 0.15) is 19.3 Å². The van der Waals surface area contributed by atoms with Crippen LogP contribution < -0.4 is 4.74 Å². The molecule has 0 radical (unpaired) electrons. The van der Waals surface area contributed by atoms with Crippen molar-refractivity contribution in [2.45, 2.75) is 19.3 Å². The van der Waals surface area contributed by atoms with Crippen LogP contribution in [0.15, 0.2) is 24.3 Å². The van der Waals surface area contributed by atoms with Crippen molar-refractivity contribution in [3.8, 4) is 5.75 Å². The first-order chi connectivity index (χ1) is 7.24. The zero-order chi connectivity index (χ0) is 11.1. The molecule has 0 spiro atoms. The van der Waals surface area contributed by atoms with Crippen molar-refractivity contribution < 1.29 is 14.3 Å². The van der Waals surface area contributed by atoms with E-state index in [1.165, 1.54) is 0 Å². The molecule has 0 saturated carbocycles. The summed E-state index contributed by atoms with van der Waals surface area (Å²) in [6.45, 7) is 0. The lowest BCUT2D eigenvalue weighted by atomic mass is 10.2. The van der Waals surface area contributed by atoms with E-state index in [2.05, 4.69) is 0 Å². The average molecular weight is 227 g/mol. The number of hydrogen-bond donors (Lipinski definition) is 0.